The molecular weight excluding hydrogens is 166 g/mol. The van der Waals surface area contributed by atoms with Crippen molar-refractivity contribution in [2.75, 3.05) is 13.1 Å². The molecule has 4 heteroatoms. The zero-order chi connectivity index (χ0) is 9.26. The SMILES string of the molecule is Cn1nccc1C1=CC(O)CNC1. The lowest BCUT2D eigenvalue weighted by molar-refractivity contribution is 0.217. The Morgan fingerprint density at radius 1 is 1.69 bits per heavy atom. The maximum absolute atomic E-state index is 9.40. The van der Waals surface area contributed by atoms with Gasteiger partial charge in [0.2, 0.25) is 0 Å². The van der Waals surface area contributed by atoms with E-state index in [1.165, 1.54) is 0 Å². The summed E-state index contributed by atoms with van der Waals surface area (Å²) in [6, 6.07) is 1.95. The molecule has 2 heterocycles. The smallest absolute Gasteiger partial charge is 0.0852 e. The first-order valence-corrected chi connectivity index (χ1v) is 4.35. The van der Waals surface area contributed by atoms with Crippen LogP contribution in [0.3, 0.4) is 0 Å². The van der Waals surface area contributed by atoms with Crippen LogP contribution in [-0.2, 0) is 7.05 Å². The van der Waals surface area contributed by atoms with E-state index in [0.29, 0.717) is 6.54 Å². The number of aromatic nitrogens is 2. The van der Waals surface area contributed by atoms with Gasteiger partial charge in [0.05, 0.1) is 11.8 Å². The standard InChI is InChI=1S/C9H13N3O/c1-12-9(2-3-11-12)7-4-8(13)6-10-5-7/h2-4,8,10,13H,5-6H2,1H3. The highest BCUT2D eigenvalue weighted by atomic mass is 16.3. The van der Waals surface area contributed by atoms with Crippen LogP contribution in [0.15, 0.2) is 18.3 Å². The van der Waals surface area contributed by atoms with Crippen LogP contribution in [0.4, 0.5) is 0 Å². The van der Waals surface area contributed by atoms with E-state index in [2.05, 4.69) is 10.4 Å². The van der Waals surface area contributed by atoms with Crippen molar-refractivity contribution < 1.29 is 5.11 Å². The van der Waals surface area contributed by atoms with Crippen molar-refractivity contribution in [3.63, 3.8) is 0 Å². The van der Waals surface area contributed by atoms with Crippen molar-refractivity contribution in [1.82, 2.24) is 15.1 Å². The van der Waals surface area contributed by atoms with E-state index in [1.807, 2.05) is 23.9 Å². The highest BCUT2D eigenvalue weighted by Gasteiger charge is 2.13. The van der Waals surface area contributed by atoms with Crippen LogP contribution in [0.25, 0.3) is 5.57 Å². The molecule has 0 amide bonds. The number of aliphatic hydroxyl groups is 1. The lowest BCUT2D eigenvalue weighted by Crippen LogP contribution is -2.32. The Bertz CT molecular complexity index is 329. The highest BCUT2D eigenvalue weighted by Crippen LogP contribution is 2.15. The summed E-state index contributed by atoms with van der Waals surface area (Å²) in [5.74, 6) is 0. The summed E-state index contributed by atoms with van der Waals surface area (Å²) in [5.41, 5.74) is 2.17. The van der Waals surface area contributed by atoms with Gasteiger partial charge < -0.3 is 10.4 Å². The lowest BCUT2D eigenvalue weighted by Gasteiger charge is -2.18. The Kier molecular flexibility index (Phi) is 2.16. The second kappa shape index (κ2) is 3.32. The number of hydrogen-bond acceptors (Lipinski definition) is 3. The first-order valence-electron chi connectivity index (χ1n) is 4.35. The quantitative estimate of drug-likeness (QED) is 0.626. The molecule has 2 N–H and O–H groups in total. The van der Waals surface area contributed by atoms with Crippen molar-refractivity contribution in [1.29, 1.82) is 0 Å². The Morgan fingerprint density at radius 3 is 3.15 bits per heavy atom. The van der Waals surface area contributed by atoms with Crippen LogP contribution in [0.5, 0.6) is 0 Å². The molecule has 0 radical (unpaired) electrons. The van der Waals surface area contributed by atoms with Gasteiger partial charge in [0.25, 0.3) is 0 Å². The van der Waals surface area contributed by atoms with E-state index in [9.17, 15) is 5.11 Å². The fourth-order valence-electron chi connectivity index (χ4n) is 1.57. The van der Waals surface area contributed by atoms with Gasteiger partial charge in [-0.15, -0.1) is 0 Å². The van der Waals surface area contributed by atoms with Gasteiger partial charge in [-0.05, 0) is 17.7 Å². The average Bonchev–Trinajstić information content (AvgIpc) is 2.51. The van der Waals surface area contributed by atoms with Gasteiger partial charge in [-0.1, -0.05) is 0 Å². The molecule has 0 bridgehead atoms. The highest BCUT2D eigenvalue weighted by molar-refractivity contribution is 5.65. The molecule has 0 saturated carbocycles. The third kappa shape index (κ3) is 1.64. The van der Waals surface area contributed by atoms with Crippen molar-refractivity contribution in [3.8, 4) is 0 Å². The molecule has 1 aromatic rings. The molecular formula is C9H13N3O. The van der Waals surface area contributed by atoms with Gasteiger partial charge in [0.1, 0.15) is 0 Å². The van der Waals surface area contributed by atoms with E-state index in [0.717, 1.165) is 17.8 Å². The number of hydrogen-bond donors (Lipinski definition) is 2. The topological polar surface area (TPSA) is 50.1 Å². The van der Waals surface area contributed by atoms with Crippen molar-refractivity contribution in [2.24, 2.45) is 7.05 Å². The Labute approximate surface area is 76.9 Å². The van der Waals surface area contributed by atoms with Gasteiger partial charge in [0, 0.05) is 26.3 Å². The van der Waals surface area contributed by atoms with Gasteiger partial charge >= 0.3 is 0 Å². The Morgan fingerprint density at radius 2 is 2.54 bits per heavy atom. The minimum absolute atomic E-state index is 0.376. The zero-order valence-corrected chi connectivity index (χ0v) is 7.57. The molecule has 1 aliphatic heterocycles. The minimum Gasteiger partial charge on any atom is -0.388 e. The maximum Gasteiger partial charge on any atom is 0.0852 e. The third-order valence-electron chi connectivity index (χ3n) is 2.21. The second-order valence-electron chi connectivity index (χ2n) is 3.23. The number of rotatable bonds is 1. The van der Waals surface area contributed by atoms with E-state index < -0.39 is 0 Å². The maximum atomic E-state index is 9.40. The number of β-amino-alcohol motifs (C(OH)–C–C–N with tert-alkyl or cyclic N) is 1. The predicted octanol–water partition coefficient (Wildman–Crippen LogP) is -0.232. The number of aryl methyl sites for hydroxylation is 1. The molecule has 0 fully saturated rings. The molecule has 1 aliphatic rings. The molecule has 0 spiro atoms. The molecule has 70 valence electrons. The predicted molar refractivity (Wildman–Crippen MR) is 50.1 cm³/mol. The van der Waals surface area contributed by atoms with Crippen LogP contribution in [-0.4, -0.2) is 34.1 Å². The first-order chi connectivity index (χ1) is 6.27. The second-order valence-corrected chi connectivity index (χ2v) is 3.23. The van der Waals surface area contributed by atoms with Gasteiger partial charge in [-0.25, -0.2) is 0 Å². The number of nitrogens with zero attached hydrogens (tertiary/aromatic N) is 2. The van der Waals surface area contributed by atoms with Crippen molar-refractivity contribution in [3.05, 3.63) is 24.0 Å². The largest absolute Gasteiger partial charge is 0.388 e. The van der Waals surface area contributed by atoms with E-state index in [-0.39, 0.29) is 6.10 Å². The van der Waals surface area contributed by atoms with Gasteiger partial charge in [-0.3, -0.25) is 4.68 Å². The lowest BCUT2D eigenvalue weighted by atomic mass is 10.1. The molecule has 13 heavy (non-hydrogen) atoms. The minimum atomic E-state index is -0.376. The van der Waals surface area contributed by atoms with Crippen LogP contribution < -0.4 is 5.32 Å². The molecule has 0 aromatic carbocycles. The molecule has 1 unspecified atom stereocenters. The van der Waals surface area contributed by atoms with Crippen molar-refractivity contribution in [2.45, 2.75) is 6.10 Å². The fraction of sp³-hybridized carbons (Fsp3) is 0.444. The van der Waals surface area contributed by atoms with Crippen LogP contribution in [0, 0.1) is 0 Å². The number of aliphatic hydroxyl groups excluding tert-OH is 1. The third-order valence-corrected chi connectivity index (χ3v) is 2.21. The summed E-state index contributed by atoms with van der Waals surface area (Å²) in [6.45, 7) is 1.44. The summed E-state index contributed by atoms with van der Waals surface area (Å²) >= 11 is 0. The molecule has 1 atom stereocenters. The monoisotopic (exact) mass is 179 g/mol. The Hall–Kier alpha value is -1.13. The molecule has 1 aromatic heterocycles. The summed E-state index contributed by atoms with van der Waals surface area (Å²) in [5, 5.41) is 16.6. The fourth-order valence-corrected chi connectivity index (χ4v) is 1.57. The van der Waals surface area contributed by atoms with E-state index >= 15 is 0 Å². The van der Waals surface area contributed by atoms with Gasteiger partial charge in [-0.2, -0.15) is 5.10 Å². The van der Waals surface area contributed by atoms with Crippen molar-refractivity contribution >= 4 is 5.57 Å². The molecule has 0 aliphatic carbocycles. The first kappa shape index (κ1) is 8.47. The zero-order valence-electron chi connectivity index (χ0n) is 7.57. The number of nitrogens with one attached hydrogen (secondary N) is 1. The molecule has 2 rings (SSSR count). The summed E-state index contributed by atoms with van der Waals surface area (Å²) in [6.07, 6.45) is 3.27. The summed E-state index contributed by atoms with van der Waals surface area (Å²) in [7, 11) is 1.90. The molecule has 0 saturated heterocycles. The molecule has 4 nitrogen and oxygen atoms in total. The Balaban J connectivity index is 2.30. The normalized spacial score (nSPS) is 22.9. The summed E-state index contributed by atoms with van der Waals surface area (Å²) in [4.78, 5) is 0. The van der Waals surface area contributed by atoms with Crippen LogP contribution in [0.2, 0.25) is 0 Å². The van der Waals surface area contributed by atoms with Crippen LogP contribution >= 0.6 is 0 Å². The average molecular weight is 179 g/mol. The summed E-state index contributed by atoms with van der Waals surface area (Å²) < 4.78 is 1.81. The van der Waals surface area contributed by atoms with Gasteiger partial charge in [0.15, 0.2) is 0 Å². The van der Waals surface area contributed by atoms with Crippen LogP contribution in [0.1, 0.15) is 5.69 Å². The van der Waals surface area contributed by atoms with E-state index in [4.69, 9.17) is 0 Å². The van der Waals surface area contributed by atoms with E-state index in [1.54, 1.807) is 6.20 Å².